The standard InChI is InChI=1S/C22H21FN4/c1-4-25-19-13-16(8-10-18(19)24-3)22-21(26-20-6-5-11-27(20)22)15-7-9-17(23)14(2)12-15/h4,7-10,12-13H,3,5-6,11H2,1-2H3/b25-4-. The molecule has 0 amide bonds. The monoisotopic (exact) mass is 360 g/mol. The third-order valence-electron chi connectivity index (χ3n) is 4.95. The van der Waals surface area contributed by atoms with Crippen LogP contribution in [0.2, 0.25) is 0 Å². The molecule has 0 radical (unpaired) electrons. The Bertz CT molecular complexity index is 1060. The van der Waals surface area contributed by atoms with Crippen LogP contribution < -0.4 is 0 Å². The quantitative estimate of drug-likeness (QED) is 0.553. The van der Waals surface area contributed by atoms with Gasteiger partial charge in [0.2, 0.25) is 0 Å². The van der Waals surface area contributed by atoms with Crippen LogP contribution in [0.15, 0.2) is 46.4 Å². The molecule has 3 aromatic rings. The lowest BCUT2D eigenvalue weighted by Crippen LogP contribution is -1.96. The summed E-state index contributed by atoms with van der Waals surface area (Å²) in [7, 11) is 0. The summed E-state index contributed by atoms with van der Waals surface area (Å²) >= 11 is 0. The molecule has 2 heterocycles. The number of hydrogen-bond donors (Lipinski definition) is 0. The SMILES string of the molecule is C=Nc1ccc(-c2c(-c3ccc(F)c(C)c3)nc3n2CCC3)cc1/N=C\C. The third-order valence-corrected chi connectivity index (χ3v) is 4.95. The molecule has 0 aliphatic carbocycles. The number of benzene rings is 2. The van der Waals surface area contributed by atoms with E-state index in [4.69, 9.17) is 4.98 Å². The van der Waals surface area contributed by atoms with Gasteiger partial charge in [-0.05, 0) is 62.9 Å². The number of aliphatic imine (C=N–C) groups is 2. The van der Waals surface area contributed by atoms with Crippen molar-refractivity contribution in [3.8, 4) is 22.5 Å². The summed E-state index contributed by atoms with van der Waals surface area (Å²) < 4.78 is 16.0. The van der Waals surface area contributed by atoms with Crippen LogP contribution in [0, 0.1) is 12.7 Å². The molecule has 0 bridgehead atoms. The molecule has 0 unspecified atom stereocenters. The van der Waals surface area contributed by atoms with Crippen molar-refractivity contribution in [2.24, 2.45) is 9.98 Å². The Morgan fingerprint density at radius 3 is 2.70 bits per heavy atom. The number of halogens is 1. The molecule has 0 saturated heterocycles. The Labute approximate surface area is 158 Å². The van der Waals surface area contributed by atoms with E-state index >= 15 is 0 Å². The van der Waals surface area contributed by atoms with Crippen molar-refractivity contribution in [3.63, 3.8) is 0 Å². The predicted molar refractivity (Wildman–Crippen MR) is 109 cm³/mol. The number of hydrogen-bond acceptors (Lipinski definition) is 3. The zero-order chi connectivity index (χ0) is 19.0. The highest BCUT2D eigenvalue weighted by Gasteiger charge is 2.24. The van der Waals surface area contributed by atoms with E-state index < -0.39 is 0 Å². The van der Waals surface area contributed by atoms with E-state index in [1.54, 1.807) is 19.2 Å². The number of rotatable bonds is 4. The minimum absolute atomic E-state index is 0.201. The molecule has 1 aliphatic heterocycles. The molecule has 4 rings (SSSR count). The average Bonchev–Trinajstić information content (AvgIpc) is 3.25. The van der Waals surface area contributed by atoms with Crippen LogP contribution in [0.3, 0.4) is 0 Å². The van der Waals surface area contributed by atoms with Gasteiger partial charge in [0.1, 0.15) is 11.6 Å². The lowest BCUT2D eigenvalue weighted by atomic mass is 10.0. The van der Waals surface area contributed by atoms with Gasteiger partial charge in [-0.25, -0.2) is 9.37 Å². The maximum atomic E-state index is 13.8. The summed E-state index contributed by atoms with van der Waals surface area (Å²) in [5, 5.41) is 0. The second-order valence-electron chi connectivity index (χ2n) is 6.69. The summed E-state index contributed by atoms with van der Waals surface area (Å²) in [6.07, 6.45) is 3.79. The first kappa shape index (κ1) is 17.3. The van der Waals surface area contributed by atoms with Gasteiger partial charge in [-0.3, -0.25) is 9.98 Å². The van der Waals surface area contributed by atoms with Crippen molar-refractivity contribution in [3.05, 3.63) is 53.6 Å². The smallest absolute Gasteiger partial charge is 0.126 e. The van der Waals surface area contributed by atoms with Gasteiger partial charge in [0.05, 0.1) is 22.8 Å². The van der Waals surface area contributed by atoms with Gasteiger partial charge in [-0.15, -0.1) is 0 Å². The minimum atomic E-state index is -0.201. The number of aryl methyl sites for hydroxylation is 2. The van der Waals surface area contributed by atoms with Gasteiger partial charge < -0.3 is 4.57 Å². The molecule has 0 fully saturated rings. The normalized spacial score (nSPS) is 13.3. The Morgan fingerprint density at radius 2 is 1.96 bits per heavy atom. The highest BCUT2D eigenvalue weighted by Crippen LogP contribution is 2.39. The van der Waals surface area contributed by atoms with Crippen molar-refractivity contribution in [2.45, 2.75) is 33.2 Å². The van der Waals surface area contributed by atoms with E-state index in [0.29, 0.717) is 5.56 Å². The Kier molecular flexibility index (Phi) is 4.44. The van der Waals surface area contributed by atoms with Crippen molar-refractivity contribution in [2.75, 3.05) is 0 Å². The highest BCUT2D eigenvalue weighted by atomic mass is 19.1. The van der Waals surface area contributed by atoms with E-state index in [9.17, 15) is 4.39 Å². The predicted octanol–water partition coefficient (Wildman–Crippen LogP) is 5.67. The van der Waals surface area contributed by atoms with Crippen LogP contribution in [-0.2, 0) is 13.0 Å². The first-order chi connectivity index (χ1) is 13.1. The lowest BCUT2D eigenvalue weighted by molar-refractivity contribution is 0.619. The summed E-state index contributed by atoms with van der Waals surface area (Å²) in [6.45, 7) is 8.22. The third kappa shape index (κ3) is 2.99. The Morgan fingerprint density at radius 1 is 1.15 bits per heavy atom. The fourth-order valence-corrected chi connectivity index (χ4v) is 3.66. The number of nitrogens with zero attached hydrogens (tertiary/aromatic N) is 4. The fourth-order valence-electron chi connectivity index (χ4n) is 3.66. The van der Waals surface area contributed by atoms with Crippen LogP contribution in [-0.4, -0.2) is 22.5 Å². The van der Waals surface area contributed by atoms with Crippen LogP contribution in [0.1, 0.15) is 24.7 Å². The lowest BCUT2D eigenvalue weighted by Gasteiger charge is -2.11. The molecule has 2 aromatic carbocycles. The van der Waals surface area contributed by atoms with Crippen molar-refractivity contribution in [1.29, 1.82) is 0 Å². The van der Waals surface area contributed by atoms with E-state index in [1.807, 2.05) is 31.2 Å². The molecule has 27 heavy (non-hydrogen) atoms. The van der Waals surface area contributed by atoms with Gasteiger partial charge in [0.25, 0.3) is 0 Å². The van der Waals surface area contributed by atoms with Gasteiger partial charge >= 0.3 is 0 Å². The Hall–Kier alpha value is -3.08. The van der Waals surface area contributed by atoms with Crippen LogP contribution in [0.4, 0.5) is 15.8 Å². The summed E-state index contributed by atoms with van der Waals surface area (Å²) in [5.74, 6) is 0.876. The molecule has 0 N–H and O–H groups in total. The summed E-state index contributed by atoms with van der Waals surface area (Å²) in [6, 6.07) is 11.2. The van der Waals surface area contributed by atoms with E-state index in [-0.39, 0.29) is 5.82 Å². The molecule has 1 aromatic heterocycles. The molecule has 136 valence electrons. The molecule has 5 heteroatoms. The summed E-state index contributed by atoms with van der Waals surface area (Å²) in [4.78, 5) is 13.4. The van der Waals surface area contributed by atoms with E-state index in [0.717, 1.165) is 59.1 Å². The second-order valence-corrected chi connectivity index (χ2v) is 6.69. The maximum Gasteiger partial charge on any atom is 0.126 e. The molecule has 0 atom stereocenters. The van der Waals surface area contributed by atoms with Crippen LogP contribution >= 0.6 is 0 Å². The van der Waals surface area contributed by atoms with E-state index in [1.165, 1.54) is 6.07 Å². The Balaban J connectivity index is 1.94. The number of aromatic nitrogens is 2. The van der Waals surface area contributed by atoms with E-state index in [2.05, 4.69) is 21.3 Å². The highest BCUT2D eigenvalue weighted by molar-refractivity contribution is 5.84. The largest absolute Gasteiger partial charge is 0.327 e. The summed E-state index contributed by atoms with van der Waals surface area (Å²) in [5.41, 5.74) is 6.04. The maximum absolute atomic E-state index is 13.8. The first-order valence-corrected chi connectivity index (χ1v) is 9.08. The van der Waals surface area contributed by atoms with Crippen molar-refractivity contribution >= 4 is 24.3 Å². The second kappa shape index (κ2) is 6.91. The van der Waals surface area contributed by atoms with Gasteiger partial charge in [0, 0.05) is 30.3 Å². The molecule has 4 nitrogen and oxygen atoms in total. The molecular weight excluding hydrogens is 339 g/mol. The van der Waals surface area contributed by atoms with Gasteiger partial charge in [-0.1, -0.05) is 6.07 Å². The van der Waals surface area contributed by atoms with Crippen molar-refractivity contribution < 1.29 is 4.39 Å². The van der Waals surface area contributed by atoms with Crippen molar-refractivity contribution in [1.82, 2.24) is 9.55 Å². The average molecular weight is 360 g/mol. The van der Waals surface area contributed by atoms with Gasteiger partial charge in [0.15, 0.2) is 0 Å². The molecule has 1 aliphatic rings. The number of imidazole rings is 1. The minimum Gasteiger partial charge on any atom is -0.327 e. The molecular formula is C22H21FN4. The van der Waals surface area contributed by atoms with Gasteiger partial charge in [-0.2, -0.15) is 0 Å². The molecule has 0 spiro atoms. The van der Waals surface area contributed by atoms with Crippen LogP contribution in [0.5, 0.6) is 0 Å². The first-order valence-electron chi connectivity index (χ1n) is 9.08. The number of fused-ring (bicyclic) bond motifs is 1. The zero-order valence-corrected chi connectivity index (χ0v) is 15.5. The topological polar surface area (TPSA) is 42.5 Å². The zero-order valence-electron chi connectivity index (χ0n) is 15.5. The molecule has 0 saturated carbocycles. The fraction of sp³-hybridized carbons (Fsp3) is 0.227. The van der Waals surface area contributed by atoms with Crippen LogP contribution in [0.25, 0.3) is 22.5 Å².